The topological polar surface area (TPSA) is 69.7 Å². The summed E-state index contributed by atoms with van der Waals surface area (Å²) in [4.78, 5) is 34.9. The monoisotopic (exact) mass is 242 g/mol. The molecule has 0 aromatic carbocycles. The zero-order valence-corrected chi connectivity index (χ0v) is 10.3. The number of esters is 2. The molecule has 0 saturated heterocycles. The van der Waals surface area contributed by atoms with Gasteiger partial charge in [0.15, 0.2) is 0 Å². The SMILES string of the molecule is COC(=O)CCC1(C(=O)OC)CCCCC1=O. The van der Waals surface area contributed by atoms with Crippen molar-refractivity contribution in [2.24, 2.45) is 5.41 Å². The molecule has 1 aliphatic carbocycles. The van der Waals surface area contributed by atoms with Crippen molar-refractivity contribution in [3.8, 4) is 0 Å². The van der Waals surface area contributed by atoms with Crippen LogP contribution < -0.4 is 0 Å². The highest BCUT2D eigenvalue weighted by Gasteiger charge is 2.47. The maximum absolute atomic E-state index is 12.0. The van der Waals surface area contributed by atoms with Crippen LogP contribution >= 0.6 is 0 Å². The van der Waals surface area contributed by atoms with Crippen LogP contribution in [0.15, 0.2) is 0 Å². The Morgan fingerprint density at radius 2 is 1.94 bits per heavy atom. The number of rotatable bonds is 4. The van der Waals surface area contributed by atoms with E-state index in [0.717, 1.165) is 12.8 Å². The third kappa shape index (κ3) is 2.84. The molecule has 1 fully saturated rings. The van der Waals surface area contributed by atoms with Gasteiger partial charge in [-0.1, -0.05) is 6.42 Å². The summed E-state index contributed by atoms with van der Waals surface area (Å²) in [6.07, 6.45) is 2.71. The van der Waals surface area contributed by atoms with Crippen LogP contribution in [0.5, 0.6) is 0 Å². The lowest BCUT2D eigenvalue weighted by Gasteiger charge is -2.32. The fraction of sp³-hybridized carbons (Fsp3) is 0.750. The molecule has 5 nitrogen and oxygen atoms in total. The number of carbonyl (C=O) groups is 3. The normalized spacial score (nSPS) is 24.2. The van der Waals surface area contributed by atoms with Gasteiger partial charge < -0.3 is 9.47 Å². The zero-order valence-electron chi connectivity index (χ0n) is 10.3. The number of carbonyl (C=O) groups excluding carboxylic acids is 3. The van der Waals surface area contributed by atoms with Crippen molar-refractivity contribution in [1.29, 1.82) is 0 Å². The smallest absolute Gasteiger partial charge is 0.319 e. The fourth-order valence-corrected chi connectivity index (χ4v) is 2.29. The highest BCUT2D eigenvalue weighted by molar-refractivity contribution is 6.04. The highest BCUT2D eigenvalue weighted by Crippen LogP contribution is 2.38. The van der Waals surface area contributed by atoms with E-state index in [-0.39, 0.29) is 18.6 Å². The van der Waals surface area contributed by atoms with Gasteiger partial charge in [0.1, 0.15) is 11.2 Å². The van der Waals surface area contributed by atoms with Crippen LogP contribution in [-0.4, -0.2) is 31.9 Å². The van der Waals surface area contributed by atoms with Gasteiger partial charge in [0.05, 0.1) is 14.2 Å². The number of ether oxygens (including phenoxy) is 2. The first-order valence-corrected chi connectivity index (χ1v) is 5.75. The third-order valence-corrected chi connectivity index (χ3v) is 3.35. The zero-order chi connectivity index (χ0) is 12.9. The standard InChI is InChI=1S/C12H18O5/c1-16-10(14)6-8-12(11(15)17-2)7-4-3-5-9(12)13/h3-8H2,1-2H3. The van der Waals surface area contributed by atoms with Gasteiger partial charge >= 0.3 is 11.9 Å². The maximum atomic E-state index is 12.0. The van der Waals surface area contributed by atoms with Crippen molar-refractivity contribution >= 4 is 17.7 Å². The second kappa shape index (κ2) is 5.80. The van der Waals surface area contributed by atoms with Gasteiger partial charge in [-0.05, 0) is 19.3 Å². The molecule has 1 rings (SSSR count). The Bertz CT molecular complexity index is 313. The van der Waals surface area contributed by atoms with Crippen LogP contribution in [0, 0.1) is 5.41 Å². The van der Waals surface area contributed by atoms with Gasteiger partial charge in [0.2, 0.25) is 0 Å². The lowest BCUT2D eigenvalue weighted by molar-refractivity contribution is -0.161. The van der Waals surface area contributed by atoms with Gasteiger partial charge in [0.25, 0.3) is 0 Å². The van der Waals surface area contributed by atoms with Crippen LogP contribution in [0.3, 0.4) is 0 Å². The van der Waals surface area contributed by atoms with E-state index in [1.165, 1.54) is 14.2 Å². The molecule has 0 bridgehead atoms. The summed E-state index contributed by atoms with van der Waals surface area (Å²) in [7, 11) is 2.56. The van der Waals surface area contributed by atoms with Gasteiger partial charge in [0, 0.05) is 12.8 Å². The van der Waals surface area contributed by atoms with E-state index >= 15 is 0 Å². The molecule has 0 aromatic rings. The van der Waals surface area contributed by atoms with Gasteiger partial charge in [-0.15, -0.1) is 0 Å². The molecule has 0 spiro atoms. The largest absolute Gasteiger partial charge is 0.469 e. The maximum Gasteiger partial charge on any atom is 0.319 e. The molecule has 0 amide bonds. The van der Waals surface area contributed by atoms with E-state index in [0.29, 0.717) is 12.8 Å². The number of ketones is 1. The van der Waals surface area contributed by atoms with Gasteiger partial charge in [-0.2, -0.15) is 0 Å². The van der Waals surface area contributed by atoms with E-state index in [4.69, 9.17) is 4.74 Å². The van der Waals surface area contributed by atoms with Crippen LogP contribution in [-0.2, 0) is 23.9 Å². The van der Waals surface area contributed by atoms with Gasteiger partial charge in [-0.3, -0.25) is 14.4 Å². The molecule has 0 heterocycles. The Morgan fingerprint density at radius 1 is 1.24 bits per heavy atom. The summed E-state index contributed by atoms with van der Waals surface area (Å²) in [6.45, 7) is 0. The summed E-state index contributed by atoms with van der Waals surface area (Å²) in [6, 6.07) is 0. The number of hydrogen-bond acceptors (Lipinski definition) is 5. The first-order chi connectivity index (χ1) is 8.06. The molecule has 0 aliphatic heterocycles. The summed E-state index contributed by atoms with van der Waals surface area (Å²) in [5.74, 6) is -1.04. The molecule has 1 atom stereocenters. The summed E-state index contributed by atoms with van der Waals surface area (Å²) in [5, 5.41) is 0. The van der Waals surface area contributed by atoms with Gasteiger partial charge in [-0.25, -0.2) is 0 Å². The third-order valence-electron chi connectivity index (χ3n) is 3.35. The van der Waals surface area contributed by atoms with E-state index < -0.39 is 17.4 Å². The van der Waals surface area contributed by atoms with Crippen molar-refractivity contribution in [2.75, 3.05) is 14.2 Å². The molecular weight excluding hydrogens is 224 g/mol. The minimum Gasteiger partial charge on any atom is -0.469 e. The van der Waals surface area contributed by atoms with E-state index in [1.54, 1.807) is 0 Å². The Kier molecular flexibility index (Phi) is 4.66. The molecule has 1 unspecified atom stereocenters. The second-order valence-corrected chi connectivity index (χ2v) is 4.28. The van der Waals surface area contributed by atoms with Crippen molar-refractivity contribution in [3.63, 3.8) is 0 Å². The van der Waals surface area contributed by atoms with Crippen LogP contribution in [0.25, 0.3) is 0 Å². The Labute approximate surface area is 100 Å². The summed E-state index contributed by atoms with van der Waals surface area (Å²) < 4.78 is 9.25. The molecule has 17 heavy (non-hydrogen) atoms. The highest BCUT2D eigenvalue weighted by atomic mass is 16.5. The predicted octanol–water partition coefficient (Wildman–Crippen LogP) is 1.24. The first kappa shape index (κ1) is 13.7. The van der Waals surface area contributed by atoms with Crippen LogP contribution in [0.4, 0.5) is 0 Å². The summed E-state index contributed by atoms with van der Waals surface area (Å²) in [5.41, 5.74) is -1.12. The quantitative estimate of drug-likeness (QED) is 0.548. The van der Waals surface area contributed by atoms with E-state index in [9.17, 15) is 14.4 Å². The first-order valence-electron chi connectivity index (χ1n) is 5.75. The van der Waals surface area contributed by atoms with Crippen LogP contribution in [0.1, 0.15) is 38.5 Å². The average Bonchev–Trinajstić information content (AvgIpc) is 2.36. The molecule has 5 heteroatoms. The minimum absolute atomic E-state index is 0.0668. The number of methoxy groups -OCH3 is 2. The Hall–Kier alpha value is -1.39. The van der Waals surface area contributed by atoms with E-state index in [2.05, 4.69) is 4.74 Å². The van der Waals surface area contributed by atoms with E-state index in [1.807, 2.05) is 0 Å². The van der Waals surface area contributed by atoms with Crippen molar-refractivity contribution in [1.82, 2.24) is 0 Å². The predicted molar refractivity (Wildman–Crippen MR) is 59.2 cm³/mol. The Morgan fingerprint density at radius 3 is 2.47 bits per heavy atom. The Balaban J connectivity index is 2.81. The molecule has 1 aliphatic rings. The molecule has 0 N–H and O–H groups in total. The molecular formula is C12H18O5. The molecule has 0 radical (unpaired) electrons. The average molecular weight is 242 g/mol. The van der Waals surface area contributed by atoms with Crippen molar-refractivity contribution in [2.45, 2.75) is 38.5 Å². The molecule has 96 valence electrons. The molecule has 0 aromatic heterocycles. The lowest BCUT2D eigenvalue weighted by atomic mass is 9.70. The number of Topliss-reactive ketones (excluding diaryl/α,β-unsaturated/α-hetero) is 1. The number of hydrogen-bond donors (Lipinski definition) is 0. The van der Waals surface area contributed by atoms with Crippen molar-refractivity contribution in [3.05, 3.63) is 0 Å². The fourth-order valence-electron chi connectivity index (χ4n) is 2.29. The molecule has 1 saturated carbocycles. The lowest BCUT2D eigenvalue weighted by Crippen LogP contribution is -2.43. The second-order valence-electron chi connectivity index (χ2n) is 4.28. The van der Waals surface area contributed by atoms with Crippen LogP contribution in [0.2, 0.25) is 0 Å². The van der Waals surface area contributed by atoms with Crippen molar-refractivity contribution < 1.29 is 23.9 Å². The minimum atomic E-state index is -1.12. The summed E-state index contributed by atoms with van der Waals surface area (Å²) >= 11 is 0.